The molecule has 0 aliphatic heterocycles. The second-order valence-electron chi connectivity index (χ2n) is 5.30. The van der Waals surface area contributed by atoms with Crippen molar-refractivity contribution < 1.29 is 36.0 Å². The maximum atomic E-state index is 12.9. The predicted octanol–water partition coefficient (Wildman–Crippen LogP) is 2.90. The summed E-state index contributed by atoms with van der Waals surface area (Å²) in [4.78, 5) is 20.5. The van der Waals surface area contributed by atoms with Crippen molar-refractivity contribution in [3.05, 3.63) is 64.7 Å². The Kier molecular flexibility index (Phi) is 6.23. The molecule has 0 radical (unpaired) electrons. The van der Waals surface area contributed by atoms with Gasteiger partial charge in [0, 0.05) is 12.1 Å². The standard InChI is InChI=1S/C16H13F3N2O6S/c17-16(18,19)15(22)27-11-10-20(12-4-2-1-3-5-12)28(25,26)14-8-6-13(7-9-14)21(23)24/h1-9H,10-11H2. The van der Waals surface area contributed by atoms with Crippen LogP contribution in [0.4, 0.5) is 24.5 Å². The molecular weight excluding hydrogens is 405 g/mol. The third-order valence-electron chi connectivity index (χ3n) is 3.44. The Labute approximate surface area is 157 Å². The van der Waals surface area contributed by atoms with E-state index in [1.807, 2.05) is 0 Å². The zero-order valence-electron chi connectivity index (χ0n) is 14.0. The van der Waals surface area contributed by atoms with Crippen LogP contribution >= 0.6 is 0 Å². The number of anilines is 1. The van der Waals surface area contributed by atoms with Crippen LogP contribution in [-0.2, 0) is 19.6 Å². The second-order valence-corrected chi connectivity index (χ2v) is 7.16. The third kappa shape index (κ3) is 4.97. The van der Waals surface area contributed by atoms with Crippen LogP contribution in [0.15, 0.2) is 59.5 Å². The number of para-hydroxylation sites is 1. The SMILES string of the molecule is O=C(OCCN(c1ccccc1)S(=O)(=O)c1ccc([N+](=O)[O-])cc1)C(F)(F)F. The molecule has 28 heavy (non-hydrogen) atoms. The number of ether oxygens (including phenoxy) is 1. The van der Waals surface area contributed by atoms with E-state index in [-0.39, 0.29) is 16.3 Å². The van der Waals surface area contributed by atoms with E-state index in [0.29, 0.717) is 0 Å². The number of non-ortho nitro benzene ring substituents is 1. The number of halogens is 3. The molecule has 8 nitrogen and oxygen atoms in total. The highest BCUT2D eigenvalue weighted by atomic mass is 32.2. The summed E-state index contributed by atoms with van der Waals surface area (Å²) in [5.41, 5.74) is -0.215. The summed E-state index contributed by atoms with van der Waals surface area (Å²) in [6.45, 7) is -1.44. The van der Waals surface area contributed by atoms with Crippen LogP contribution in [0.5, 0.6) is 0 Å². The highest BCUT2D eigenvalue weighted by molar-refractivity contribution is 7.92. The average Bonchev–Trinajstić information content (AvgIpc) is 2.64. The minimum absolute atomic E-state index is 0.115. The first kappa shape index (κ1) is 21.2. The summed E-state index contributed by atoms with van der Waals surface area (Å²) in [5.74, 6) is -2.44. The fraction of sp³-hybridized carbons (Fsp3) is 0.188. The topological polar surface area (TPSA) is 107 Å². The average molecular weight is 418 g/mol. The normalized spacial score (nSPS) is 11.7. The lowest BCUT2D eigenvalue weighted by Crippen LogP contribution is -2.36. The van der Waals surface area contributed by atoms with E-state index < -0.39 is 40.2 Å². The number of esters is 1. The van der Waals surface area contributed by atoms with Gasteiger partial charge in [-0.3, -0.25) is 14.4 Å². The quantitative estimate of drug-likeness (QED) is 0.389. The minimum atomic E-state index is -5.20. The minimum Gasteiger partial charge on any atom is -0.457 e. The molecule has 0 saturated carbocycles. The van der Waals surface area contributed by atoms with Crippen LogP contribution in [0.25, 0.3) is 0 Å². The number of hydrogen-bond acceptors (Lipinski definition) is 6. The van der Waals surface area contributed by atoms with Gasteiger partial charge < -0.3 is 4.74 Å². The summed E-state index contributed by atoms with van der Waals surface area (Å²) in [7, 11) is -4.29. The molecule has 0 amide bonds. The highest BCUT2D eigenvalue weighted by Gasteiger charge is 2.41. The number of nitro benzene ring substituents is 1. The molecule has 0 unspecified atom stereocenters. The van der Waals surface area contributed by atoms with Gasteiger partial charge in [-0.15, -0.1) is 0 Å². The molecule has 0 heterocycles. The van der Waals surface area contributed by atoms with E-state index in [1.54, 1.807) is 6.07 Å². The fourth-order valence-electron chi connectivity index (χ4n) is 2.15. The number of carbonyl (C=O) groups excluding carboxylic acids is 1. The van der Waals surface area contributed by atoms with Crippen LogP contribution in [0.3, 0.4) is 0 Å². The van der Waals surface area contributed by atoms with E-state index in [2.05, 4.69) is 4.74 Å². The van der Waals surface area contributed by atoms with Crippen LogP contribution in [-0.4, -0.2) is 38.6 Å². The lowest BCUT2D eigenvalue weighted by atomic mass is 10.3. The lowest BCUT2D eigenvalue weighted by Gasteiger charge is -2.24. The molecule has 12 heteroatoms. The Bertz CT molecular complexity index is 947. The molecule has 0 bridgehead atoms. The number of nitrogens with zero attached hydrogens (tertiary/aromatic N) is 2. The van der Waals surface area contributed by atoms with Crippen LogP contribution in [0.2, 0.25) is 0 Å². The summed E-state index contributed by atoms with van der Waals surface area (Å²) >= 11 is 0. The van der Waals surface area contributed by atoms with Crippen molar-refractivity contribution in [2.45, 2.75) is 11.1 Å². The first-order valence-corrected chi connectivity index (χ1v) is 9.03. The molecule has 0 aromatic heterocycles. The number of hydrogen-bond donors (Lipinski definition) is 0. The van der Waals surface area contributed by atoms with Crippen LogP contribution in [0, 0.1) is 10.1 Å². The molecule has 0 aliphatic rings. The molecule has 0 aliphatic carbocycles. The van der Waals surface area contributed by atoms with Crippen molar-refractivity contribution in [1.29, 1.82) is 0 Å². The Morgan fingerprint density at radius 2 is 1.64 bits per heavy atom. The molecular formula is C16H13F3N2O6S. The maximum absolute atomic E-state index is 12.9. The van der Waals surface area contributed by atoms with Crippen molar-refractivity contribution in [3.8, 4) is 0 Å². The molecule has 0 N–H and O–H groups in total. The first-order chi connectivity index (χ1) is 13.0. The Balaban J connectivity index is 2.30. The van der Waals surface area contributed by atoms with E-state index >= 15 is 0 Å². The van der Waals surface area contributed by atoms with Gasteiger partial charge in [-0.2, -0.15) is 13.2 Å². The largest absolute Gasteiger partial charge is 0.490 e. The third-order valence-corrected chi connectivity index (χ3v) is 5.28. The van der Waals surface area contributed by atoms with Gasteiger partial charge in [-0.1, -0.05) is 18.2 Å². The lowest BCUT2D eigenvalue weighted by molar-refractivity contribution is -0.384. The van der Waals surface area contributed by atoms with Gasteiger partial charge in [0.15, 0.2) is 0 Å². The molecule has 2 aromatic carbocycles. The Morgan fingerprint density at radius 1 is 1.07 bits per heavy atom. The zero-order valence-corrected chi connectivity index (χ0v) is 14.8. The molecule has 2 aromatic rings. The van der Waals surface area contributed by atoms with Crippen molar-refractivity contribution in [3.63, 3.8) is 0 Å². The molecule has 2 rings (SSSR count). The van der Waals surface area contributed by atoms with E-state index in [0.717, 1.165) is 28.6 Å². The smallest absolute Gasteiger partial charge is 0.457 e. The van der Waals surface area contributed by atoms with Gasteiger partial charge in [-0.05, 0) is 24.3 Å². The van der Waals surface area contributed by atoms with Crippen molar-refractivity contribution >= 4 is 27.4 Å². The number of benzene rings is 2. The first-order valence-electron chi connectivity index (χ1n) is 7.59. The zero-order chi connectivity index (χ0) is 20.9. The van der Waals surface area contributed by atoms with Gasteiger partial charge >= 0.3 is 12.1 Å². The van der Waals surface area contributed by atoms with Crippen molar-refractivity contribution in [2.24, 2.45) is 0 Å². The van der Waals surface area contributed by atoms with E-state index in [4.69, 9.17) is 0 Å². The van der Waals surface area contributed by atoms with Gasteiger partial charge in [-0.25, -0.2) is 13.2 Å². The van der Waals surface area contributed by atoms with Gasteiger partial charge in [0.05, 0.1) is 22.1 Å². The number of sulfonamides is 1. The molecule has 0 saturated heterocycles. The van der Waals surface area contributed by atoms with Gasteiger partial charge in [0.1, 0.15) is 6.61 Å². The van der Waals surface area contributed by atoms with Gasteiger partial charge in [0.25, 0.3) is 15.7 Å². The number of rotatable bonds is 7. The van der Waals surface area contributed by atoms with Crippen LogP contribution < -0.4 is 4.31 Å². The van der Waals surface area contributed by atoms with E-state index in [1.165, 1.54) is 24.3 Å². The highest BCUT2D eigenvalue weighted by Crippen LogP contribution is 2.25. The molecule has 0 atom stereocenters. The predicted molar refractivity (Wildman–Crippen MR) is 91.1 cm³/mol. The summed E-state index contributed by atoms with van der Waals surface area (Å²) < 4.78 is 67.3. The Hall–Kier alpha value is -3.15. The monoisotopic (exact) mass is 418 g/mol. The molecule has 0 spiro atoms. The van der Waals surface area contributed by atoms with Gasteiger partial charge in [0.2, 0.25) is 0 Å². The number of nitro groups is 1. The second kappa shape index (κ2) is 8.25. The molecule has 150 valence electrons. The van der Waals surface area contributed by atoms with Crippen molar-refractivity contribution in [1.82, 2.24) is 0 Å². The van der Waals surface area contributed by atoms with Crippen molar-refractivity contribution in [2.75, 3.05) is 17.5 Å². The summed E-state index contributed by atoms with van der Waals surface area (Å²) in [6.07, 6.45) is -5.20. The summed E-state index contributed by atoms with van der Waals surface area (Å²) in [5, 5.41) is 10.7. The summed E-state index contributed by atoms with van der Waals surface area (Å²) in [6, 6.07) is 11.4. The molecule has 0 fully saturated rings. The fourth-order valence-corrected chi connectivity index (χ4v) is 3.60. The Morgan fingerprint density at radius 3 is 2.14 bits per heavy atom. The number of alkyl halides is 3. The van der Waals surface area contributed by atoms with Crippen LogP contribution in [0.1, 0.15) is 0 Å². The van der Waals surface area contributed by atoms with E-state index in [9.17, 15) is 36.5 Å². The maximum Gasteiger partial charge on any atom is 0.490 e. The number of carbonyl (C=O) groups is 1.